The van der Waals surface area contributed by atoms with E-state index in [-0.39, 0.29) is 12.1 Å². The summed E-state index contributed by atoms with van der Waals surface area (Å²) in [4.78, 5) is 15.9. The number of urea groups is 1. The summed E-state index contributed by atoms with van der Waals surface area (Å²) in [6.45, 7) is 4.80. The highest BCUT2D eigenvalue weighted by Gasteiger charge is 2.23. The number of amides is 2. The summed E-state index contributed by atoms with van der Waals surface area (Å²) >= 11 is 2.01. The third-order valence-electron chi connectivity index (χ3n) is 3.67. The Morgan fingerprint density at radius 3 is 3.10 bits per heavy atom. The zero-order chi connectivity index (χ0) is 15.1. The van der Waals surface area contributed by atoms with Crippen molar-refractivity contribution in [3.8, 4) is 0 Å². The Morgan fingerprint density at radius 1 is 1.52 bits per heavy atom. The van der Waals surface area contributed by atoms with E-state index in [2.05, 4.69) is 27.6 Å². The molecule has 1 aliphatic rings. The Morgan fingerprint density at radius 2 is 2.38 bits per heavy atom. The molecule has 2 rings (SSSR count). The second-order valence-corrected chi connectivity index (χ2v) is 7.15. The van der Waals surface area contributed by atoms with Gasteiger partial charge in [-0.3, -0.25) is 4.68 Å². The minimum absolute atomic E-state index is 0.0242. The van der Waals surface area contributed by atoms with E-state index in [0.29, 0.717) is 17.8 Å². The normalized spacial score (nSPS) is 23.5. The van der Waals surface area contributed by atoms with Crippen LogP contribution in [0, 0.1) is 0 Å². The lowest BCUT2D eigenvalue weighted by molar-refractivity contribution is 0.228. The van der Waals surface area contributed by atoms with E-state index in [9.17, 15) is 4.79 Å². The molecule has 0 radical (unpaired) electrons. The summed E-state index contributed by atoms with van der Waals surface area (Å²) in [5.74, 6) is 1.15. The molecule has 1 aliphatic carbocycles. The summed E-state index contributed by atoms with van der Waals surface area (Å²) < 4.78 is 1.72. The standard InChI is InChI=1S/C14H25N5OS/c1-3-21-13-6-4-5-12(7-13)18-14(20)17-11(2)8-19-10-15-9-16-19/h9-13H,3-8H2,1-2H3,(H2,17,18,20)/t11-,12-,13-/m1/s1. The molecule has 0 unspecified atom stereocenters. The zero-order valence-electron chi connectivity index (χ0n) is 12.8. The average molecular weight is 311 g/mol. The SMILES string of the molecule is CCS[C@@H]1CCC[C@@H](NC(=O)N[C@H](C)Cn2cncn2)C1. The Labute approximate surface area is 130 Å². The van der Waals surface area contributed by atoms with Gasteiger partial charge in [-0.15, -0.1) is 0 Å². The molecule has 0 saturated heterocycles. The topological polar surface area (TPSA) is 71.8 Å². The molecule has 1 fully saturated rings. The molecule has 7 heteroatoms. The summed E-state index contributed by atoms with van der Waals surface area (Å²) in [5, 5.41) is 10.8. The largest absolute Gasteiger partial charge is 0.335 e. The first-order valence-corrected chi connectivity index (χ1v) is 8.73. The number of thioether (sulfide) groups is 1. The van der Waals surface area contributed by atoms with Gasteiger partial charge in [0, 0.05) is 17.3 Å². The molecule has 0 spiro atoms. The van der Waals surface area contributed by atoms with Crippen LogP contribution in [0.15, 0.2) is 12.7 Å². The lowest BCUT2D eigenvalue weighted by Crippen LogP contribution is -2.48. The minimum atomic E-state index is -0.0743. The van der Waals surface area contributed by atoms with Crippen LogP contribution in [0.25, 0.3) is 0 Å². The zero-order valence-corrected chi connectivity index (χ0v) is 13.6. The lowest BCUT2D eigenvalue weighted by Gasteiger charge is -2.29. The van der Waals surface area contributed by atoms with Crippen molar-refractivity contribution in [1.29, 1.82) is 0 Å². The molecule has 0 aliphatic heterocycles. The fourth-order valence-electron chi connectivity index (χ4n) is 2.77. The van der Waals surface area contributed by atoms with Crippen molar-refractivity contribution in [2.24, 2.45) is 0 Å². The number of aromatic nitrogens is 3. The van der Waals surface area contributed by atoms with Crippen molar-refractivity contribution in [3.63, 3.8) is 0 Å². The average Bonchev–Trinajstić information content (AvgIpc) is 2.91. The molecule has 21 heavy (non-hydrogen) atoms. The smallest absolute Gasteiger partial charge is 0.315 e. The van der Waals surface area contributed by atoms with Gasteiger partial charge < -0.3 is 10.6 Å². The fraction of sp³-hybridized carbons (Fsp3) is 0.786. The molecule has 1 aromatic rings. The van der Waals surface area contributed by atoms with Gasteiger partial charge in [-0.1, -0.05) is 13.3 Å². The third kappa shape index (κ3) is 5.57. The molecule has 6 nitrogen and oxygen atoms in total. The van der Waals surface area contributed by atoms with Gasteiger partial charge in [0.15, 0.2) is 0 Å². The Balaban J connectivity index is 1.71. The lowest BCUT2D eigenvalue weighted by atomic mass is 9.95. The highest BCUT2D eigenvalue weighted by atomic mass is 32.2. The molecule has 1 aromatic heterocycles. The van der Waals surface area contributed by atoms with Gasteiger partial charge in [0.1, 0.15) is 12.7 Å². The predicted molar refractivity (Wildman–Crippen MR) is 85.3 cm³/mol. The van der Waals surface area contributed by atoms with Gasteiger partial charge in [-0.25, -0.2) is 9.78 Å². The molecular weight excluding hydrogens is 286 g/mol. The van der Waals surface area contributed by atoms with Crippen LogP contribution in [-0.2, 0) is 6.54 Å². The molecule has 0 aromatic carbocycles. The maximum Gasteiger partial charge on any atom is 0.315 e. The Bertz CT molecular complexity index is 423. The number of hydrogen-bond acceptors (Lipinski definition) is 4. The van der Waals surface area contributed by atoms with Crippen LogP contribution in [0.2, 0.25) is 0 Å². The number of hydrogen-bond donors (Lipinski definition) is 2. The second kappa shape index (κ2) is 8.26. The van der Waals surface area contributed by atoms with Crippen molar-refractivity contribution >= 4 is 17.8 Å². The van der Waals surface area contributed by atoms with Gasteiger partial charge >= 0.3 is 6.03 Å². The van der Waals surface area contributed by atoms with E-state index in [1.165, 1.54) is 19.2 Å². The predicted octanol–water partition coefficient (Wildman–Crippen LogP) is 2.03. The summed E-state index contributed by atoms with van der Waals surface area (Å²) in [5.41, 5.74) is 0. The quantitative estimate of drug-likeness (QED) is 0.843. The summed E-state index contributed by atoms with van der Waals surface area (Å²) in [6.07, 6.45) is 7.82. The van der Waals surface area contributed by atoms with Crippen LogP contribution in [-0.4, -0.2) is 43.9 Å². The Hall–Kier alpha value is -1.24. The number of nitrogens with one attached hydrogen (secondary N) is 2. The maximum absolute atomic E-state index is 12.0. The first-order valence-electron chi connectivity index (χ1n) is 7.68. The van der Waals surface area contributed by atoms with E-state index >= 15 is 0 Å². The van der Waals surface area contributed by atoms with Gasteiger partial charge in [-0.05, 0) is 31.9 Å². The van der Waals surface area contributed by atoms with Crippen molar-refractivity contribution in [2.45, 2.75) is 63.4 Å². The molecule has 1 saturated carbocycles. The molecule has 2 amide bonds. The third-order valence-corrected chi connectivity index (χ3v) is 4.90. The molecule has 2 N–H and O–H groups in total. The van der Waals surface area contributed by atoms with Crippen molar-refractivity contribution in [1.82, 2.24) is 25.4 Å². The monoisotopic (exact) mass is 311 g/mol. The number of carbonyl (C=O) groups excluding carboxylic acids is 1. The van der Waals surface area contributed by atoms with Crippen LogP contribution in [0.3, 0.4) is 0 Å². The van der Waals surface area contributed by atoms with Gasteiger partial charge in [-0.2, -0.15) is 16.9 Å². The molecule has 1 heterocycles. The van der Waals surface area contributed by atoms with Crippen LogP contribution >= 0.6 is 11.8 Å². The van der Waals surface area contributed by atoms with Crippen LogP contribution in [0.5, 0.6) is 0 Å². The highest BCUT2D eigenvalue weighted by molar-refractivity contribution is 7.99. The van der Waals surface area contributed by atoms with Gasteiger partial charge in [0.05, 0.1) is 6.54 Å². The summed E-state index contributed by atoms with van der Waals surface area (Å²) in [7, 11) is 0. The molecule has 3 atom stereocenters. The van der Waals surface area contributed by atoms with E-state index < -0.39 is 0 Å². The minimum Gasteiger partial charge on any atom is -0.335 e. The molecule has 0 bridgehead atoms. The fourth-order valence-corrected chi connectivity index (χ4v) is 3.94. The Kier molecular flexibility index (Phi) is 6.35. The van der Waals surface area contributed by atoms with Crippen molar-refractivity contribution in [3.05, 3.63) is 12.7 Å². The highest BCUT2D eigenvalue weighted by Crippen LogP contribution is 2.28. The van der Waals surface area contributed by atoms with E-state index in [4.69, 9.17) is 0 Å². The van der Waals surface area contributed by atoms with E-state index in [1.807, 2.05) is 18.7 Å². The second-order valence-electron chi connectivity index (χ2n) is 5.58. The van der Waals surface area contributed by atoms with Crippen LogP contribution in [0.4, 0.5) is 4.79 Å². The van der Waals surface area contributed by atoms with Crippen molar-refractivity contribution in [2.75, 3.05) is 5.75 Å². The molecular formula is C14H25N5OS. The maximum atomic E-state index is 12.0. The van der Waals surface area contributed by atoms with Crippen molar-refractivity contribution < 1.29 is 4.79 Å². The summed E-state index contributed by atoms with van der Waals surface area (Å²) in [6, 6.07) is 0.257. The van der Waals surface area contributed by atoms with E-state index in [1.54, 1.807) is 11.0 Å². The first-order chi connectivity index (χ1) is 10.2. The van der Waals surface area contributed by atoms with Gasteiger partial charge in [0.25, 0.3) is 0 Å². The van der Waals surface area contributed by atoms with Gasteiger partial charge in [0.2, 0.25) is 0 Å². The number of rotatable bonds is 6. The molecule has 118 valence electrons. The first kappa shape index (κ1) is 16.1. The van der Waals surface area contributed by atoms with Crippen LogP contribution in [0.1, 0.15) is 39.5 Å². The number of carbonyl (C=O) groups is 1. The van der Waals surface area contributed by atoms with E-state index in [0.717, 1.165) is 18.6 Å². The number of nitrogens with zero attached hydrogens (tertiary/aromatic N) is 3. The van der Waals surface area contributed by atoms with Crippen LogP contribution < -0.4 is 10.6 Å².